The van der Waals surface area contributed by atoms with Crippen LogP contribution in [0.4, 0.5) is 0 Å². The zero-order valence-corrected chi connectivity index (χ0v) is 14.5. The van der Waals surface area contributed by atoms with Crippen LogP contribution in [0.1, 0.15) is 36.4 Å². The molecule has 24 heavy (non-hydrogen) atoms. The Kier molecular flexibility index (Phi) is 4.59. The number of amides is 1. The summed E-state index contributed by atoms with van der Waals surface area (Å²) in [5, 5.41) is 3.53. The number of nitrogens with zero attached hydrogens (tertiary/aromatic N) is 1. The molecule has 3 aliphatic heterocycles. The molecule has 3 fully saturated rings. The lowest BCUT2D eigenvalue weighted by Gasteiger charge is -2.31. The summed E-state index contributed by atoms with van der Waals surface area (Å²) in [4.78, 5) is 15.3. The zero-order chi connectivity index (χ0) is 16.5. The Morgan fingerprint density at radius 2 is 2.04 bits per heavy atom. The Labute approximate surface area is 144 Å². The van der Waals surface area contributed by atoms with Crippen LogP contribution in [0.5, 0.6) is 0 Å². The molecule has 4 nitrogen and oxygen atoms in total. The summed E-state index contributed by atoms with van der Waals surface area (Å²) in [5.41, 5.74) is 2.65. The first kappa shape index (κ1) is 16.1. The lowest BCUT2D eigenvalue weighted by atomic mass is 9.87. The molecule has 4 rings (SSSR count). The van der Waals surface area contributed by atoms with Gasteiger partial charge in [-0.05, 0) is 42.7 Å². The van der Waals surface area contributed by atoms with Crippen molar-refractivity contribution < 1.29 is 9.53 Å². The molecular formula is C20H28N2O2. The normalized spacial score (nSPS) is 30.5. The molecule has 1 aromatic rings. The minimum absolute atomic E-state index is 0.249. The highest BCUT2D eigenvalue weighted by molar-refractivity contribution is 5.77. The summed E-state index contributed by atoms with van der Waals surface area (Å²) in [5.74, 6) is 2.02. The molecule has 3 heterocycles. The van der Waals surface area contributed by atoms with Gasteiger partial charge >= 0.3 is 0 Å². The number of hydrogen-bond acceptors (Lipinski definition) is 3. The van der Waals surface area contributed by atoms with E-state index in [9.17, 15) is 4.79 Å². The second kappa shape index (κ2) is 6.85. The number of carbonyl (C=O) groups excluding carboxylic acids is 1. The fourth-order valence-electron chi connectivity index (χ4n) is 4.81. The summed E-state index contributed by atoms with van der Waals surface area (Å²) >= 11 is 0. The van der Waals surface area contributed by atoms with Crippen LogP contribution < -0.4 is 5.32 Å². The van der Waals surface area contributed by atoms with E-state index in [2.05, 4.69) is 41.4 Å². The SMILES string of the molecule is Cc1ccccc1[C@@H]1[C@H]2CNC[C@H]2CN1C(=O)CC1CCOCC1. The second-order valence-corrected chi connectivity index (χ2v) is 7.69. The van der Waals surface area contributed by atoms with Crippen LogP contribution in [0.2, 0.25) is 0 Å². The summed E-state index contributed by atoms with van der Waals surface area (Å²) in [7, 11) is 0. The minimum Gasteiger partial charge on any atom is -0.381 e. The van der Waals surface area contributed by atoms with Gasteiger partial charge in [0, 0.05) is 45.2 Å². The molecule has 0 saturated carbocycles. The third kappa shape index (κ3) is 2.98. The molecule has 0 radical (unpaired) electrons. The average Bonchev–Trinajstić information content (AvgIpc) is 3.17. The molecule has 4 heteroatoms. The number of likely N-dealkylation sites (tertiary alicyclic amines) is 1. The van der Waals surface area contributed by atoms with E-state index in [1.54, 1.807) is 0 Å². The van der Waals surface area contributed by atoms with Crippen LogP contribution in [-0.4, -0.2) is 43.7 Å². The molecule has 0 bridgehead atoms. The first-order valence-corrected chi connectivity index (χ1v) is 9.37. The van der Waals surface area contributed by atoms with E-state index >= 15 is 0 Å². The number of aryl methyl sites for hydroxylation is 1. The molecule has 0 aromatic heterocycles. The fraction of sp³-hybridized carbons (Fsp3) is 0.650. The Morgan fingerprint density at radius 3 is 2.83 bits per heavy atom. The van der Waals surface area contributed by atoms with Crippen molar-refractivity contribution in [3.8, 4) is 0 Å². The van der Waals surface area contributed by atoms with E-state index in [1.165, 1.54) is 11.1 Å². The highest BCUT2D eigenvalue weighted by atomic mass is 16.5. The minimum atomic E-state index is 0.249. The largest absolute Gasteiger partial charge is 0.381 e. The zero-order valence-electron chi connectivity index (χ0n) is 14.5. The van der Waals surface area contributed by atoms with E-state index in [4.69, 9.17) is 4.74 Å². The van der Waals surface area contributed by atoms with Crippen LogP contribution in [0.25, 0.3) is 0 Å². The van der Waals surface area contributed by atoms with Crippen LogP contribution in [-0.2, 0) is 9.53 Å². The van der Waals surface area contributed by atoms with Gasteiger partial charge in [0.15, 0.2) is 0 Å². The molecule has 3 aliphatic rings. The number of carbonyl (C=O) groups is 1. The highest BCUT2D eigenvalue weighted by Gasteiger charge is 2.47. The summed E-state index contributed by atoms with van der Waals surface area (Å²) in [6.07, 6.45) is 2.75. The predicted molar refractivity (Wildman–Crippen MR) is 93.6 cm³/mol. The van der Waals surface area contributed by atoms with Crippen molar-refractivity contribution in [2.45, 2.75) is 32.2 Å². The van der Waals surface area contributed by atoms with Crippen molar-refractivity contribution in [3.05, 3.63) is 35.4 Å². The number of fused-ring (bicyclic) bond motifs is 1. The molecule has 3 saturated heterocycles. The van der Waals surface area contributed by atoms with Gasteiger partial charge in [-0.15, -0.1) is 0 Å². The van der Waals surface area contributed by atoms with Crippen LogP contribution in [0.15, 0.2) is 24.3 Å². The molecular weight excluding hydrogens is 300 g/mol. The smallest absolute Gasteiger partial charge is 0.223 e. The Bertz CT molecular complexity index is 597. The van der Waals surface area contributed by atoms with E-state index in [0.717, 1.165) is 45.7 Å². The quantitative estimate of drug-likeness (QED) is 0.927. The van der Waals surface area contributed by atoms with E-state index in [0.29, 0.717) is 30.1 Å². The molecule has 3 atom stereocenters. The monoisotopic (exact) mass is 328 g/mol. The fourth-order valence-corrected chi connectivity index (χ4v) is 4.81. The first-order valence-electron chi connectivity index (χ1n) is 9.37. The van der Waals surface area contributed by atoms with Crippen molar-refractivity contribution in [1.82, 2.24) is 10.2 Å². The average molecular weight is 328 g/mol. The van der Waals surface area contributed by atoms with Gasteiger partial charge in [-0.3, -0.25) is 4.79 Å². The topological polar surface area (TPSA) is 41.6 Å². The number of ether oxygens (including phenoxy) is 1. The van der Waals surface area contributed by atoms with Gasteiger partial charge in [-0.2, -0.15) is 0 Å². The van der Waals surface area contributed by atoms with Crippen molar-refractivity contribution in [3.63, 3.8) is 0 Å². The lowest BCUT2D eigenvalue weighted by Crippen LogP contribution is -2.36. The maximum absolute atomic E-state index is 13.1. The third-order valence-electron chi connectivity index (χ3n) is 6.20. The van der Waals surface area contributed by atoms with Gasteiger partial charge in [0.2, 0.25) is 5.91 Å². The van der Waals surface area contributed by atoms with Crippen LogP contribution in [0, 0.1) is 24.7 Å². The van der Waals surface area contributed by atoms with Crippen molar-refractivity contribution in [2.75, 3.05) is 32.8 Å². The third-order valence-corrected chi connectivity index (χ3v) is 6.20. The van der Waals surface area contributed by atoms with Crippen LogP contribution >= 0.6 is 0 Å². The van der Waals surface area contributed by atoms with Gasteiger partial charge in [-0.25, -0.2) is 0 Å². The number of nitrogens with one attached hydrogen (secondary N) is 1. The molecule has 130 valence electrons. The lowest BCUT2D eigenvalue weighted by molar-refractivity contribution is -0.134. The molecule has 1 N–H and O–H groups in total. The standard InChI is InChI=1S/C20H28N2O2/c1-14-4-2-3-5-17(14)20-18-12-21-11-16(18)13-22(20)19(23)10-15-6-8-24-9-7-15/h2-5,15-16,18,20-21H,6-13H2,1H3/t16-,18-,20+/m0/s1. The highest BCUT2D eigenvalue weighted by Crippen LogP contribution is 2.44. The maximum Gasteiger partial charge on any atom is 0.223 e. The number of rotatable bonds is 3. The summed E-state index contributed by atoms with van der Waals surface area (Å²) < 4.78 is 5.44. The van der Waals surface area contributed by atoms with Crippen molar-refractivity contribution in [2.24, 2.45) is 17.8 Å². The Hall–Kier alpha value is -1.39. The molecule has 0 unspecified atom stereocenters. The molecule has 1 amide bonds. The molecule has 0 spiro atoms. The Morgan fingerprint density at radius 1 is 1.25 bits per heavy atom. The van der Waals surface area contributed by atoms with E-state index in [-0.39, 0.29) is 6.04 Å². The summed E-state index contributed by atoms with van der Waals surface area (Å²) in [6.45, 7) is 6.80. The van der Waals surface area contributed by atoms with Gasteiger partial charge < -0.3 is 15.0 Å². The van der Waals surface area contributed by atoms with Gasteiger partial charge in [-0.1, -0.05) is 24.3 Å². The van der Waals surface area contributed by atoms with Crippen molar-refractivity contribution >= 4 is 5.91 Å². The van der Waals surface area contributed by atoms with Gasteiger partial charge in [0.25, 0.3) is 0 Å². The van der Waals surface area contributed by atoms with Crippen molar-refractivity contribution in [1.29, 1.82) is 0 Å². The predicted octanol–water partition coefficient (Wildman–Crippen LogP) is 2.53. The van der Waals surface area contributed by atoms with Crippen LogP contribution in [0.3, 0.4) is 0 Å². The van der Waals surface area contributed by atoms with Gasteiger partial charge in [0.1, 0.15) is 0 Å². The van der Waals surface area contributed by atoms with Gasteiger partial charge in [0.05, 0.1) is 6.04 Å². The summed E-state index contributed by atoms with van der Waals surface area (Å²) in [6, 6.07) is 8.84. The Balaban J connectivity index is 1.56. The maximum atomic E-state index is 13.1. The second-order valence-electron chi connectivity index (χ2n) is 7.69. The van der Waals surface area contributed by atoms with E-state index in [1.807, 2.05) is 0 Å². The molecule has 1 aromatic carbocycles. The number of benzene rings is 1. The first-order chi connectivity index (χ1) is 11.7. The number of hydrogen-bond donors (Lipinski definition) is 1. The molecule has 0 aliphatic carbocycles. The van der Waals surface area contributed by atoms with E-state index < -0.39 is 0 Å².